The molecule has 3 atom stereocenters. The molecular formula is C14H21ClN2O. The number of aromatic nitrogens is 1. The number of rotatable bonds is 3. The Labute approximate surface area is 114 Å². The summed E-state index contributed by atoms with van der Waals surface area (Å²) in [5.41, 5.74) is 6.51. The lowest BCUT2D eigenvalue weighted by atomic mass is 9.80. The molecular weight excluding hydrogens is 248 g/mol. The van der Waals surface area contributed by atoms with Gasteiger partial charge in [0.05, 0.1) is 5.02 Å². The van der Waals surface area contributed by atoms with Crippen molar-refractivity contribution < 1.29 is 4.74 Å². The maximum atomic E-state index is 5.98. The lowest BCUT2D eigenvalue weighted by Gasteiger charge is -2.31. The van der Waals surface area contributed by atoms with Crippen LogP contribution in [0.2, 0.25) is 5.02 Å². The van der Waals surface area contributed by atoms with Crippen molar-refractivity contribution in [3.8, 4) is 5.88 Å². The molecule has 0 bridgehead atoms. The van der Waals surface area contributed by atoms with Crippen LogP contribution in [0.15, 0.2) is 12.3 Å². The van der Waals surface area contributed by atoms with Crippen LogP contribution in [0.4, 0.5) is 0 Å². The van der Waals surface area contributed by atoms with Gasteiger partial charge in [-0.05, 0) is 36.7 Å². The second-order valence-corrected chi connectivity index (χ2v) is 5.73. The highest BCUT2D eigenvalue weighted by atomic mass is 35.5. The molecule has 0 saturated heterocycles. The summed E-state index contributed by atoms with van der Waals surface area (Å²) in [6, 6.07) is 1.85. The molecule has 4 heteroatoms. The maximum Gasteiger partial charge on any atom is 0.213 e. The van der Waals surface area contributed by atoms with Gasteiger partial charge >= 0.3 is 0 Å². The largest absolute Gasteiger partial charge is 0.474 e. The standard InChI is InChI=1S/C14H21ClN2O/c1-9-3-4-12(5-10(9)2)18-14-6-11(7-16)13(15)8-17-14/h6,8-10,12H,3-5,7,16H2,1-2H3. The first-order valence-electron chi connectivity index (χ1n) is 6.61. The zero-order valence-corrected chi connectivity index (χ0v) is 11.8. The van der Waals surface area contributed by atoms with Crippen molar-refractivity contribution in [1.82, 2.24) is 4.98 Å². The summed E-state index contributed by atoms with van der Waals surface area (Å²) >= 11 is 5.98. The molecule has 100 valence electrons. The Morgan fingerprint density at radius 2 is 2.17 bits per heavy atom. The highest BCUT2D eigenvalue weighted by molar-refractivity contribution is 6.31. The average molecular weight is 269 g/mol. The number of halogens is 1. The van der Waals surface area contributed by atoms with Crippen molar-refractivity contribution in [2.45, 2.75) is 45.8 Å². The smallest absolute Gasteiger partial charge is 0.213 e. The number of hydrogen-bond donors (Lipinski definition) is 1. The van der Waals surface area contributed by atoms with E-state index in [4.69, 9.17) is 22.1 Å². The third kappa shape index (κ3) is 3.15. The van der Waals surface area contributed by atoms with Crippen molar-refractivity contribution in [2.24, 2.45) is 17.6 Å². The zero-order valence-electron chi connectivity index (χ0n) is 11.0. The van der Waals surface area contributed by atoms with E-state index in [1.54, 1.807) is 6.20 Å². The highest BCUT2D eigenvalue weighted by Gasteiger charge is 2.26. The first-order chi connectivity index (χ1) is 8.60. The van der Waals surface area contributed by atoms with Gasteiger partial charge in [-0.3, -0.25) is 0 Å². The third-order valence-electron chi connectivity index (χ3n) is 3.97. The van der Waals surface area contributed by atoms with Crippen molar-refractivity contribution in [1.29, 1.82) is 0 Å². The molecule has 3 unspecified atom stereocenters. The molecule has 2 N–H and O–H groups in total. The average Bonchev–Trinajstić information content (AvgIpc) is 2.36. The normalized spacial score (nSPS) is 28.1. The number of pyridine rings is 1. The molecule has 1 heterocycles. The summed E-state index contributed by atoms with van der Waals surface area (Å²) in [6.07, 6.45) is 5.32. The lowest BCUT2D eigenvalue weighted by molar-refractivity contribution is 0.0964. The van der Waals surface area contributed by atoms with Crippen LogP contribution in [0.25, 0.3) is 0 Å². The molecule has 1 aliphatic rings. The predicted molar refractivity (Wildman–Crippen MR) is 73.7 cm³/mol. The molecule has 1 aliphatic carbocycles. The fourth-order valence-electron chi connectivity index (χ4n) is 2.46. The van der Waals surface area contributed by atoms with E-state index in [0.29, 0.717) is 23.4 Å². The Morgan fingerprint density at radius 3 is 2.83 bits per heavy atom. The van der Waals surface area contributed by atoms with E-state index < -0.39 is 0 Å². The molecule has 0 amide bonds. The summed E-state index contributed by atoms with van der Waals surface area (Å²) in [5.74, 6) is 2.15. The SMILES string of the molecule is CC1CCC(Oc2cc(CN)c(Cl)cn2)CC1C. The van der Waals surface area contributed by atoms with Gasteiger partial charge in [0.25, 0.3) is 0 Å². The van der Waals surface area contributed by atoms with Crippen LogP contribution in [-0.2, 0) is 6.54 Å². The summed E-state index contributed by atoms with van der Waals surface area (Å²) < 4.78 is 5.95. The molecule has 1 aromatic rings. The second-order valence-electron chi connectivity index (χ2n) is 5.33. The first-order valence-corrected chi connectivity index (χ1v) is 6.99. The van der Waals surface area contributed by atoms with E-state index in [0.717, 1.165) is 24.3 Å². The number of ether oxygens (including phenoxy) is 1. The van der Waals surface area contributed by atoms with Gasteiger partial charge in [-0.25, -0.2) is 4.98 Å². The van der Waals surface area contributed by atoms with Crippen molar-refractivity contribution >= 4 is 11.6 Å². The van der Waals surface area contributed by atoms with Crippen LogP contribution in [0.5, 0.6) is 5.88 Å². The third-order valence-corrected chi connectivity index (χ3v) is 4.31. The van der Waals surface area contributed by atoms with Gasteiger partial charge in [-0.2, -0.15) is 0 Å². The molecule has 0 spiro atoms. The van der Waals surface area contributed by atoms with E-state index in [1.807, 2.05) is 6.07 Å². The summed E-state index contributed by atoms with van der Waals surface area (Å²) in [6.45, 7) is 5.02. The molecule has 1 saturated carbocycles. The van der Waals surface area contributed by atoms with Gasteiger partial charge in [0, 0.05) is 18.8 Å². The van der Waals surface area contributed by atoms with Gasteiger partial charge in [-0.15, -0.1) is 0 Å². The first kappa shape index (κ1) is 13.6. The number of nitrogens with two attached hydrogens (primary N) is 1. The van der Waals surface area contributed by atoms with Crippen LogP contribution in [0.3, 0.4) is 0 Å². The second kappa shape index (κ2) is 5.89. The van der Waals surface area contributed by atoms with E-state index in [9.17, 15) is 0 Å². The molecule has 1 fully saturated rings. The Balaban J connectivity index is 2.01. The minimum atomic E-state index is 0.274. The Morgan fingerprint density at radius 1 is 1.39 bits per heavy atom. The number of nitrogens with zero attached hydrogens (tertiary/aromatic N) is 1. The van der Waals surface area contributed by atoms with Crippen LogP contribution >= 0.6 is 11.6 Å². The van der Waals surface area contributed by atoms with Gasteiger partial charge in [0.15, 0.2) is 0 Å². The summed E-state index contributed by atoms with van der Waals surface area (Å²) in [4.78, 5) is 4.22. The fraction of sp³-hybridized carbons (Fsp3) is 0.643. The summed E-state index contributed by atoms with van der Waals surface area (Å²) in [7, 11) is 0. The summed E-state index contributed by atoms with van der Waals surface area (Å²) in [5, 5.41) is 0.607. The lowest BCUT2D eigenvalue weighted by Crippen LogP contribution is -2.29. The zero-order chi connectivity index (χ0) is 13.1. The highest BCUT2D eigenvalue weighted by Crippen LogP contribution is 2.31. The van der Waals surface area contributed by atoms with Gasteiger partial charge < -0.3 is 10.5 Å². The van der Waals surface area contributed by atoms with Crippen LogP contribution in [0, 0.1) is 11.8 Å². The van der Waals surface area contributed by atoms with E-state index in [1.165, 1.54) is 6.42 Å². The van der Waals surface area contributed by atoms with Gasteiger partial charge in [0.1, 0.15) is 6.10 Å². The van der Waals surface area contributed by atoms with Gasteiger partial charge in [0.2, 0.25) is 5.88 Å². The molecule has 3 nitrogen and oxygen atoms in total. The topological polar surface area (TPSA) is 48.1 Å². The Bertz CT molecular complexity index is 411. The molecule has 0 aliphatic heterocycles. The number of hydrogen-bond acceptors (Lipinski definition) is 3. The molecule has 18 heavy (non-hydrogen) atoms. The molecule has 0 aromatic carbocycles. The van der Waals surface area contributed by atoms with Crippen LogP contribution in [0.1, 0.15) is 38.7 Å². The van der Waals surface area contributed by atoms with Crippen molar-refractivity contribution in [3.05, 3.63) is 22.8 Å². The van der Waals surface area contributed by atoms with Crippen LogP contribution < -0.4 is 10.5 Å². The maximum absolute atomic E-state index is 5.98. The minimum Gasteiger partial charge on any atom is -0.474 e. The predicted octanol–water partition coefficient (Wildman–Crippen LogP) is 3.40. The van der Waals surface area contributed by atoms with E-state index >= 15 is 0 Å². The Kier molecular flexibility index (Phi) is 4.46. The molecule has 2 rings (SSSR count). The Hall–Kier alpha value is -0.800. The monoisotopic (exact) mass is 268 g/mol. The van der Waals surface area contributed by atoms with Crippen molar-refractivity contribution in [3.63, 3.8) is 0 Å². The van der Waals surface area contributed by atoms with E-state index in [2.05, 4.69) is 18.8 Å². The van der Waals surface area contributed by atoms with Crippen LogP contribution in [-0.4, -0.2) is 11.1 Å². The van der Waals surface area contributed by atoms with Crippen molar-refractivity contribution in [2.75, 3.05) is 0 Å². The van der Waals surface area contributed by atoms with E-state index in [-0.39, 0.29) is 6.10 Å². The molecule has 0 radical (unpaired) electrons. The molecule has 1 aromatic heterocycles. The minimum absolute atomic E-state index is 0.274. The quantitative estimate of drug-likeness (QED) is 0.914. The van der Waals surface area contributed by atoms with Gasteiger partial charge in [-0.1, -0.05) is 25.4 Å². The fourth-order valence-corrected chi connectivity index (χ4v) is 2.64.